The van der Waals surface area contributed by atoms with Gasteiger partial charge in [-0.05, 0) is 52.9 Å². The van der Waals surface area contributed by atoms with E-state index in [2.05, 4.69) is 36.3 Å². The Morgan fingerprint density at radius 2 is 1.94 bits per heavy atom. The van der Waals surface area contributed by atoms with E-state index in [1.165, 1.54) is 51.7 Å². The van der Waals surface area contributed by atoms with E-state index in [4.69, 9.17) is 0 Å². The first kappa shape index (κ1) is 13.3. The molecule has 0 bridgehead atoms. The van der Waals surface area contributed by atoms with Gasteiger partial charge in [-0.1, -0.05) is 12.8 Å². The molecule has 3 unspecified atom stereocenters. The van der Waals surface area contributed by atoms with Gasteiger partial charge in [0.15, 0.2) is 0 Å². The van der Waals surface area contributed by atoms with Crippen molar-refractivity contribution in [1.29, 1.82) is 0 Å². The second-order valence-corrected chi connectivity index (χ2v) is 6.33. The zero-order chi connectivity index (χ0) is 12.3. The van der Waals surface area contributed by atoms with Crippen molar-refractivity contribution in [2.45, 2.75) is 44.2 Å². The van der Waals surface area contributed by atoms with Crippen molar-refractivity contribution in [3.05, 3.63) is 0 Å². The van der Waals surface area contributed by atoms with Gasteiger partial charge in [0.05, 0.1) is 0 Å². The Morgan fingerprint density at radius 1 is 1.18 bits per heavy atom. The van der Waals surface area contributed by atoms with Crippen LogP contribution in [0.15, 0.2) is 0 Å². The van der Waals surface area contributed by atoms with Crippen molar-refractivity contribution >= 4 is 0 Å². The lowest BCUT2D eigenvalue weighted by Crippen LogP contribution is -2.45. The van der Waals surface area contributed by atoms with Gasteiger partial charge in [-0.3, -0.25) is 0 Å². The Hall–Kier alpha value is -0.120. The van der Waals surface area contributed by atoms with Crippen molar-refractivity contribution in [2.24, 2.45) is 5.92 Å². The zero-order valence-corrected chi connectivity index (χ0v) is 11.8. The van der Waals surface area contributed by atoms with Gasteiger partial charge in [0.25, 0.3) is 0 Å². The molecule has 1 N–H and O–H groups in total. The third kappa shape index (κ3) is 3.94. The molecule has 1 aliphatic carbocycles. The Balaban J connectivity index is 1.90. The summed E-state index contributed by atoms with van der Waals surface area (Å²) in [5.74, 6) is 0.901. The minimum absolute atomic E-state index is 0.690. The Labute approximate surface area is 107 Å². The third-order valence-electron chi connectivity index (χ3n) is 4.36. The predicted molar refractivity (Wildman–Crippen MR) is 73.3 cm³/mol. The van der Waals surface area contributed by atoms with Crippen LogP contribution in [0.25, 0.3) is 0 Å². The third-order valence-corrected chi connectivity index (χ3v) is 4.36. The highest BCUT2D eigenvalue weighted by molar-refractivity contribution is 4.89. The summed E-state index contributed by atoms with van der Waals surface area (Å²) < 4.78 is 0. The second kappa shape index (κ2) is 6.17. The van der Waals surface area contributed by atoms with Gasteiger partial charge in [0, 0.05) is 25.2 Å². The number of rotatable bonds is 3. The number of fused-ring (bicyclic) bond motifs is 1. The molecule has 1 aliphatic heterocycles. The molecule has 0 aromatic heterocycles. The molecule has 1 heterocycles. The maximum atomic E-state index is 3.94. The molecule has 0 aromatic carbocycles. The molecular formula is C14H29N3. The largest absolute Gasteiger partial charge is 0.310 e. The number of hydrogen-bond acceptors (Lipinski definition) is 3. The molecule has 3 nitrogen and oxygen atoms in total. The van der Waals surface area contributed by atoms with E-state index < -0.39 is 0 Å². The minimum atomic E-state index is 0.690. The highest BCUT2D eigenvalue weighted by Crippen LogP contribution is 2.27. The maximum absolute atomic E-state index is 3.94. The normalized spacial score (nSPS) is 35.6. The average Bonchev–Trinajstić information content (AvgIpc) is 2.43. The van der Waals surface area contributed by atoms with Gasteiger partial charge >= 0.3 is 0 Å². The van der Waals surface area contributed by atoms with E-state index in [0.29, 0.717) is 6.04 Å². The Bertz CT molecular complexity index is 230. The summed E-state index contributed by atoms with van der Waals surface area (Å²) >= 11 is 0. The van der Waals surface area contributed by atoms with Crippen molar-refractivity contribution in [2.75, 3.05) is 40.8 Å². The quantitative estimate of drug-likeness (QED) is 0.803. The van der Waals surface area contributed by atoms with Crippen LogP contribution in [0.1, 0.15) is 32.1 Å². The average molecular weight is 239 g/mol. The summed E-state index contributed by atoms with van der Waals surface area (Å²) in [6.07, 6.45) is 6.98. The summed E-state index contributed by atoms with van der Waals surface area (Å²) in [5.41, 5.74) is 0. The molecule has 17 heavy (non-hydrogen) atoms. The molecule has 1 saturated heterocycles. The molecule has 2 aliphatic rings. The molecule has 3 heteroatoms. The van der Waals surface area contributed by atoms with Crippen molar-refractivity contribution in [3.8, 4) is 0 Å². The van der Waals surface area contributed by atoms with E-state index >= 15 is 0 Å². The van der Waals surface area contributed by atoms with Crippen LogP contribution in [0.5, 0.6) is 0 Å². The highest BCUT2D eigenvalue weighted by atomic mass is 15.2. The molecule has 2 fully saturated rings. The van der Waals surface area contributed by atoms with Crippen LogP contribution in [0, 0.1) is 5.92 Å². The fourth-order valence-electron chi connectivity index (χ4n) is 3.44. The van der Waals surface area contributed by atoms with E-state index in [0.717, 1.165) is 12.0 Å². The summed E-state index contributed by atoms with van der Waals surface area (Å²) in [6.45, 7) is 3.72. The molecule has 2 rings (SSSR count). The lowest BCUT2D eigenvalue weighted by atomic mass is 9.84. The lowest BCUT2D eigenvalue weighted by Gasteiger charge is -2.32. The van der Waals surface area contributed by atoms with E-state index in [-0.39, 0.29) is 0 Å². The number of hydrogen-bond donors (Lipinski definition) is 1. The molecular weight excluding hydrogens is 210 g/mol. The lowest BCUT2D eigenvalue weighted by molar-refractivity contribution is 0.232. The van der Waals surface area contributed by atoms with Crippen LogP contribution in [0.4, 0.5) is 0 Å². The first-order chi connectivity index (χ1) is 8.15. The van der Waals surface area contributed by atoms with Crippen LogP contribution >= 0.6 is 0 Å². The Morgan fingerprint density at radius 3 is 2.71 bits per heavy atom. The van der Waals surface area contributed by atoms with Crippen LogP contribution in [0.2, 0.25) is 0 Å². The van der Waals surface area contributed by atoms with Crippen LogP contribution in [-0.2, 0) is 0 Å². The van der Waals surface area contributed by atoms with Crippen molar-refractivity contribution in [3.63, 3.8) is 0 Å². The summed E-state index contributed by atoms with van der Waals surface area (Å²) in [4.78, 5) is 4.84. The first-order valence-electron chi connectivity index (χ1n) is 7.24. The van der Waals surface area contributed by atoms with Gasteiger partial charge in [0.1, 0.15) is 0 Å². The van der Waals surface area contributed by atoms with Crippen LogP contribution < -0.4 is 5.32 Å². The summed E-state index contributed by atoms with van der Waals surface area (Å²) in [7, 11) is 6.63. The SMILES string of the molecule is CN(C)CCC1CN(C)CC2CCCCC2N1. The van der Waals surface area contributed by atoms with E-state index in [9.17, 15) is 0 Å². The molecule has 3 atom stereocenters. The molecule has 0 spiro atoms. The monoisotopic (exact) mass is 239 g/mol. The standard InChI is InChI=1S/C14H29N3/c1-16(2)9-8-13-11-17(3)10-12-6-4-5-7-14(12)15-13/h12-15H,4-11H2,1-3H3. The fourth-order valence-corrected chi connectivity index (χ4v) is 3.44. The van der Waals surface area contributed by atoms with Gasteiger partial charge in [-0.15, -0.1) is 0 Å². The topological polar surface area (TPSA) is 18.5 Å². The Kier molecular flexibility index (Phi) is 4.83. The van der Waals surface area contributed by atoms with Crippen molar-refractivity contribution < 1.29 is 0 Å². The highest BCUT2D eigenvalue weighted by Gasteiger charge is 2.31. The molecule has 1 saturated carbocycles. The minimum Gasteiger partial charge on any atom is -0.310 e. The van der Waals surface area contributed by atoms with Gasteiger partial charge in [-0.25, -0.2) is 0 Å². The number of nitrogens with one attached hydrogen (secondary N) is 1. The van der Waals surface area contributed by atoms with Crippen LogP contribution in [0.3, 0.4) is 0 Å². The first-order valence-corrected chi connectivity index (χ1v) is 7.24. The van der Waals surface area contributed by atoms with Gasteiger partial charge in [0.2, 0.25) is 0 Å². The van der Waals surface area contributed by atoms with Gasteiger partial charge < -0.3 is 15.1 Å². The van der Waals surface area contributed by atoms with Gasteiger partial charge in [-0.2, -0.15) is 0 Å². The van der Waals surface area contributed by atoms with E-state index in [1.807, 2.05) is 0 Å². The van der Waals surface area contributed by atoms with E-state index in [1.54, 1.807) is 0 Å². The maximum Gasteiger partial charge on any atom is 0.0209 e. The number of nitrogens with zero attached hydrogens (tertiary/aromatic N) is 2. The summed E-state index contributed by atoms with van der Waals surface area (Å²) in [5, 5.41) is 3.94. The smallest absolute Gasteiger partial charge is 0.0209 e. The molecule has 100 valence electrons. The van der Waals surface area contributed by atoms with Crippen molar-refractivity contribution in [1.82, 2.24) is 15.1 Å². The zero-order valence-electron chi connectivity index (χ0n) is 11.8. The predicted octanol–water partition coefficient (Wildman–Crippen LogP) is 1.40. The molecule has 0 amide bonds. The molecule has 0 aromatic rings. The molecule has 0 radical (unpaired) electrons. The van der Waals surface area contributed by atoms with Crippen LogP contribution in [-0.4, -0.2) is 62.7 Å². The fraction of sp³-hybridized carbons (Fsp3) is 1.00. The second-order valence-electron chi connectivity index (χ2n) is 6.33. The summed E-state index contributed by atoms with van der Waals surface area (Å²) in [6, 6.07) is 1.48. The number of likely N-dealkylation sites (N-methyl/N-ethyl adjacent to an activating group) is 1.